The number of hydrogen-bond donors (Lipinski definition) is 1. The van der Waals surface area contributed by atoms with E-state index in [2.05, 4.69) is 5.32 Å². The second kappa shape index (κ2) is 9.29. The van der Waals surface area contributed by atoms with Crippen molar-refractivity contribution in [2.75, 3.05) is 38.3 Å². The Morgan fingerprint density at radius 3 is 2.72 bits per heavy atom. The van der Waals surface area contributed by atoms with Gasteiger partial charge in [0.1, 0.15) is 18.5 Å². The quantitative estimate of drug-likeness (QED) is 0.687. The number of carbonyl (C=O) groups is 1. The van der Waals surface area contributed by atoms with Gasteiger partial charge in [-0.1, -0.05) is 24.3 Å². The monoisotopic (exact) mass is 396 g/mol. The third kappa shape index (κ3) is 4.54. The van der Waals surface area contributed by atoms with Crippen molar-refractivity contribution in [3.63, 3.8) is 0 Å². The largest absolute Gasteiger partial charge is 0.491 e. The van der Waals surface area contributed by atoms with E-state index in [9.17, 15) is 4.79 Å². The second-order valence-electron chi connectivity index (χ2n) is 7.30. The molecule has 2 aromatic rings. The molecule has 1 fully saturated rings. The zero-order valence-electron chi connectivity index (χ0n) is 16.8. The molecule has 2 heterocycles. The van der Waals surface area contributed by atoms with Gasteiger partial charge in [-0.2, -0.15) is 0 Å². The molecule has 4 rings (SSSR count). The van der Waals surface area contributed by atoms with E-state index >= 15 is 0 Å². The van der Waals surface area contributed by atoms with Crippen molar-refractivity contribution in [3.05, 3.63) is 59.7 Å². The molecule has 0 bridgehead atoms. The van der Waals surface area contributed by atoms with Gasteiger partial charge in [0.15, 0.2) is 0 Å². The first-order chi connectivity index (χ1) is 14.3. The van der Waals surface area contributed by atoms with Gasteiger partial charge in [0.25, 0.3) is 5.91 Å². The molecular formula is C23H28N2O4. The summed E-state index contributed by atoms with van der Waals surface area (Å²) in [5.74, 6) is 0.832. The third-order valence-electron chi connectivity index (χ3n) is 5.34. The van der Waals surface area contributed by atoms with E-state index in [-0.39, 0.29) is 18.2 Å². The van der Waals surface area contributed by atoms with E-state index in [4.69, 9.17) is 14.2 Å². The normalized spacial score (nSPS) is 21.0. The van der Waals surface area contributed by atoms with Crippen LogP contribution in [0.5, 0.6) is 5.75 Å². The van der Waals surface area contributed by atoms with Gasteiger partial charge in [-0.3, -0.25) is 4.79 Å². The number of rotatable bonds is 8. The van der Waals surface area contributed by atoms with E-state index < -0.39 is 0 Å². The van der Waals surface area contributed by atoms with Gasteiger partial charge < -0.3 is 24.4 Å². The molecule has 1 amide bonds. The number of hydrogen-bond acceptors (Lipinski definition) is 5. The van der Waals surface area contributed by atoms with E-state index in [1.54, 1.807) is 0 Å². The van der Waals surface area contributed by atoms with Crippen LogP contribution in [-0.4, -0.2) is 49.9 Å². The number of amides is 1. The van der Waals surface area contributed by atoms with E-state index in [0.29, 0.717) is 31.9 Å². The molecule has 6 nitrogen and oxygen atoms in total. The Bertz CT molecular complexity index is 818. The number of para-hydroxylation sites is 1. The minimum Gasteiger partial charge on any atom is -0.491 e. The number of nitrogens with one attached hydrogen (secondary N) is 1. The highest BCUT2D eigenvalue weighted by molar-refractivity contribution is 6.01. The summed E-state index contributed by atoms with van der Waals surface area (Å²) in [5, 5.41) is 3.54. The van der Waals surface area contributed by atoms with Crippen LogP contribution in [0.1, 0.15) is 41.9 Å². The van der Waals surface area contributed by atoms with Crippen LogP contribution in [-0.2, 0) is 9.47 Å². The van der Waals surface area contributed by atoms with E-state index in [0.717, 1.165) is 36.4 Å². The molecule has 2 aliphatic heterocycles. The Balaban J connectivity index is 1.53. The molecule has 6 heteroatoms. The molecule has 2 aromatic carbocycles. The fourth-order valence-electron chi connectivity index (χ4n) is 3.86. The lowest BCUT2D eigenvalue weighted by molar-refractivity contribution is 0.0427. The first kappa shape index (κ1) is 19.7. The summed E-state index contributed by atoms with van der Waals surface area (Å²) >= 11 is 0. The molecule has 2 unspecified atom stereocenters. The summed E-state index contributed by atoms with van der Waals surface area (Å²) in [4.78, 5) is 15.1. The van der Waals surface area contributed by atoms with Crippen molar-refractivity contribution in [2.24, 2.45) is 0 Å². The van der Waals surface area contributed by atoms with E-state index in [1.807, 2.05) is 60.4 Å². The van der Waals surface area contributed by atoms with Crippen LogP contribution in [0.2, 0.25) is 0 Å². The van der Waals surface area contributed by atoms with Crippen molar-refractivity contribution < 1.29 is 19.0 Å². The van der Waals surface area contributed by atoms with Crippen molar-refractivity contribution in [3.8, 4) is 5.75 Å². The highest BCUT2D eigenvalue weighted by atomic mass is 16.5. The number of carbonyl (C=O) groups excluding carboxylic acids is 1. The molecule has 29 heavy (non-hydrogen) atoms. The molecule has 0 aliphatic carbocycles. The van der Waals surface area contributed by atoms with Gasteiger partial charge in [0.2, 0.25) is 0 Å². The lowest BCUT2D eigenvalue weighted by atomic mass is 10.0. The molecule has 2 aliphatic rings. The van der Waals surface area contributed by atoms with Crippen molar-refractivity contribution in [1.82, 2.24) is 4.90 Å². The predicted molar refractivity (Wildman–Crippen MR) is 111 cm³/mol. The average Bonchev–Trinajstić information content (AvgIpc) is 3.27. The average molecular weight is 396 g/mol. The van der Waals surface area contributed by atoms with Crippen molar-refractivity contribution in [2.45, 2.75) is 32.0 Å². The number of benzene rings is 2. The maximum absolute atomic E-state index is 13.2. The highest BCUT2D eigenvalue weighted by Crippen LogP contribution is 2.34. The lowest BCUT2D eigenvalue weighted by Crippen LogP contribution is -2.46. The minimum absolute atomic E-state index is 0.0388. The molecule has 154 valence electrons. The van der Waals surface area contributed by atoms with Gasteiger partial charge in [-0.25, -0.2) is 0 Å². The Kier molecular flexibility index (Phi) is 6.32. The number of ether oxygens (including phenoxy) is 3. The highest BCUT2D eigenvalue weighted by Gasteiger charge is 2.35. The molecule has 0 spiro atoms. The van der Waals surface area contributed by atoms with Gasteiger partial charge in [0, 0.05) is 25.4 Å². The summed E-state index contributed by atoms with van der Waals surface area (Å²) in [5.41, 5.74) is 2.59. The number of anilines is 1. The van der Waals surface area contributed by atoms with Gasteiger partial charge in [0.05, 0.1) is 18.3 Å². The number of nitrogens with zero attached hydrogens (tertiary/aromatic N) is 1. The van der Waals surface area contributed by atoms with E-state index in [1.165, 1.54) is 0 Å². The SMILES string of the molecule is CCOCCOc1ccc(C2Nc3ccccc3C(=O)N2CC2CCCO2)cc1. The summed E-state index contributed by atoms with van der Waals surface area (Å²) in [7, 11) is 0. The van der Waals surface area contributed by atoms with Crippen LogP contribution < -0.4 is 10.1 Å². The molecule has 0 aromatic heterocycles. The fraction of sp³-hybridized carbons (Fsp3) is 0.435. The van der Waals surface area contributed by atoms with Gasteiger partial charge in [-0.05, 0) is 49.6 Å². The molecule has 1 saturated heterocycles. The predicted octanol–water partition coefficient (Wildman–Crippen LogP) is 3.85. The van der Waals surface area contributed by atoms with Crippen LogP contribution >= 0.6 is 0 Å². The molecule has 1 N–H and O–H groups in total. The van der Waals surface area contributed by atoms with Crippen LogP contribution in [0.25, 0.3) is 0 Å². The van der Waals surface area contributed by atoms with Crippen LogP contribution in [0, 0.1) is 0 Å². The third-order valence-corrected chi connectivity index (χ3v) is 5.34. The summed E-state index contributed by atoms with van der Waals surface area (Å²) in [6.45, 7) is 5.10. The Hall–Kier alpha value is -2.57. The minimum atomic E-state index is -0.237. The van der Waals surface area contributed by atoms with Crippen LogP contribution in [0.3, 0.4) is 0 Å². The smallest absolute Gasteiger partial charge is 0.257 e. The second-order valence-corrected chi connectivity index (χ2v) is 7.30. The summed E-state index contributed by atoms with van der Waals surface area (Å²) in [6, 6.07) is 15.6. The standard InChI is InChI=1S/C23H28N2O4/c1-2-27-14-15-29-18-11-9-17(10-12-18)22-24-21-8-4-3-7-20(21)23(26)25(22)16-19-6-5-13-28-19/h3-4,7-12,19,22,24H,2,5-6,13-16H2,1H3. The maximum atomic E-state index is 13.2. The van der Waals surface area contributed by atoms with Gasteiger partial charge >= 0.3 is 0 Å². The molecule has 0 saturated carbocycles. The fourth-order valence-corrected chi connectivity index (χ4v) is 3.86. The summed E-state index contributed by atoms with van der Waals surface area (Å²) in [6.07, 6.45) is 1.90. The summed E-state index contributed by atoms with van der Waals surface area (Å²) < 4.78 is 16.8. The topological polar surface area (TPSA) is 60.0 Å². The van der Waals surface area contributed by atoms with Crippen LogP contribution in [0.15, 0.2) is 48.5 Å². The molecule has 0 radical (unpaired) electrons. The zero-order chi connectivity index (χ0) is 20.1. The Labute approximate surface area is 171 Å². The van der Waals surface area contributed by atoms with Gasteiger partial charge in [-0.15, -0.1) is 0 Å². The van der Waals surface area contributed by atoms with Crippen LogP contribution in [0.4, 0.5) is 5.69 Å². The first-order valence-electron chi connectivity index (χ1n) is 10.3. The molecule has 2 atom stereocenters. The Morgan fingerprint density at radius 2 is 1.97 bits per heavy atom. The van der Waals surface area contributed by atoms with Crippen molar-refractivity contribution in [1.29, 1.82) is 0 Å². The number of fused-ring (bicyclic) bond motifs is 1. The zero-order valence-corrected chi connectivity index (χ0v) is 16.8. The maximum Gasteiger partial charge on any atom is 0.257 e. The van der Waals surface area contributed by atoms with Crippen molar-refractivity contribution >= 4 is 11.6 Å². The Morgan fingerprint density at radius 1 is 1.14 bits per heavy atom. The first-order valence-corrected chi connectivity index (χ1v) is 10.3. The molecular weight excluding hydrogens is 368 g/mol. The lowest BCUT2D eigenvalue weighted by Gasteiger charge is -2.39.